The van der Waals surface area contributed by atoms with Gasteiger partial charge in [-0.3, -0.25) is 9.88 Å². The summed E-state index contributed by atoms with van der Waals surface area (Å²) in [6, 6.07) is 5.96. The molecule has 0 amide bonds. The molecule has 0 aliphatic carbocycles. The Kier molecular flexibility index (Phi) is 5.09. The summed E-state index contributed by atoms with van der Waals surface area (Å²) in [6.07, 6.45) is 1.82. The normalized spacial score (nSPS) is 15.7. The maximum atomic E-state index is 11.6. The van der Waals surface area contributed by atoms with Gasteiger partial charge in [0.25, 0.3) is 0 Å². The molecule has 0 N–H and O–H groups in total. The van der Waals surface area contributed by atoms with E-state index in [1.165, 1.54) is 18.4 Å². The van der Waals surface area contributed by atoms with Crippen molar-refractivity contribution < 1.29 is 9.53 Å². The molecule has 0 unspecified atom stereocenters. The Hall–Kier alpha value is -1.70. The van der Waals surface area contributed by atoms with Crippen LogP contribution in [0.1, 0.15) is 15.4 Å². The lowest BCUT2D eigenvalue weighted by Crippen LogP contribution is -2.46. The van der Waals surface area contributed by atoms with E-state index in [9.17, 15) is 4.79 Å². The number of aromatic nitrogens is 2. The van der Waals surface area contributed by atoms with Crippen LogP contribution in [-0.4, -0.2) is 54.1 Å². The van der Waals surface area contributed by atoms with Gasteiger partial charge in [-0.2, -0.15) is 0 Å². The van der Waals surface area contributed by atoms with Crippen LogP contribution in [0.15, 0.2) is 24.4 Å². The van der Waals surface area contributed by atoms with E-state index in [1.54, 1.807) is 0 Å². The third-order valence-corrected chi connectivity index (χ3v) is 5.18. The summed E-state index contributed by atoms with van der Waals surface area (Å²) in [5.74, 6) is -0.437. The molecule has 0 bridgehead atoms. The van der Waals surface area contributed by atoms with Crippen molar-refractivity contribution in [2.45, 2.75) is 6.54 Å². The van der Waals surface area contributed by atoms with E-state index >= 15 is 0 Å². The van der Waals surface area contributed by atoms with Crippen molar-refractivity contribution in [3.63, 3.8) is 0 Å². The summed E-state index contributed by atoms with van der Waals surface area (Å²) in [6.45, 7) is 4.37. The number of carbonyl (C=O) groups excluding carboxylic acids is 1. The van der Waals surface area contributed by atoms with Gasteiger partial charge >= 0.3 is 5.97 Å². The van der Waals surface area contributed by atoms with Gasteiger partial charge in [0.2, 0.25) is 0 Å². The van der Waals surface area contributed by atoms with Gasteiger partial charge < -0.3 is 9.64 Å². The molecule has 1 fully saturated rings. The number of esters is 1. The Bertz CT molecular complexity index is 671. The second-order valence-corrected chi connectivity index (χ2v) is 6.53. The van der Waals surface area contributed by atoms with Crippen LogP contribution < -0.4 is 4.90 Å². The van der Waals surface area contributed by atoms with Gasteiger partial charge in [-0.25, -0.2) is 9.78 Å². The van der Waals surface area contributed by atoms with Crippen LogP contribution in [-0.2, 0) is 11.3 Å². The number of pyridine rings is 1. The van der Waals surface area contributed by atoms with E-state index in [-0.39, 0.29) is 5.15 Å². The van der Waals surface area contributed by atoms with Crippen molar-refractivity contribution in [2.24, 2.45) is 0 Å². The first-order chi connectivity index (χ1) is 11.2. The number of methoxy groups -OCH3 is 1. The molecule has 3 rings (SSSR count). The molecule has 0 radical (unpaired) electrons. The number of ether oxygens (including phenoxy) is 1. The minimum Gasteiger partial charge on any atom is -0.465 e. The second kappa shape index (κ2) is 7.25. The number of carbonyl (C=O) groups is 1. The van der Waals surface area contributed by atoms with Gasteiger partial charge in [-0.15, -0.1) is 0 Å². The van der Waals surface area contributed by atoms with E-state index < -0.39 is 5.97 Å². The SMILES string of the molecule is COC(=O)c1sc(N2CCN(Cc3ccccn3)CC2)nc1Cl. The number of thiazole rings is 1. The van der Waals surface area contributed by atoms with E-state index in [2.05, 4.69) is 19.8 Å². The molecule has 1 aliphatic heterocycles. The molecule has 2 aromatic heterocycles. The number of rotatable bonds is 4. The fraction of sp³-hybridized carbons (Fsp3) is 0.400. The molecule has 0 aromatic carbocycles. The third kappa shape index (κ3) is 3.80. The largest absolute Gasteiger partial charge is 0.465 e. The van der Waals surface area contributed by atoms with E-state index in [4.69, 9.17) is 16.3 Å². The number of halogens is 1. The summed E-state index contributed by atoms with van der Waals surface area (Å²) in [5.41, 5.74) is 1.08. The Morgan fingerprint density at radius 1 is 1.35 bits per heavy atom. The highest BCUT2D eigenvalue weighted by Crippen LogP contribution is 2.30. The molecule has 8 heteroatoms. The van der Waals surface area contributed by atoms with Gasteiger partial charge in [-0.1, -0.05) is 29.0 Å². The van der Waals surface area contributed by atoms with E-state index in [0.717, 1.165) is 43.5 Å². The van der Waals surface area contributed by atoms with Crippen LogP contribution >= 0.6 is 22.9 Å². The van der Waals surface area contributed by atoms with Gasteiger partial charge in [-0.05, 0) is 12.1 Å². The van der Waals surface area contributed by atoms with E-state index in [0.29, 0.717) is 4.88 Å². The molecule has 0 atom stereocenters. The third-order valence-electron chi connectivity index (χ3n) is 3.70. The number of piperazine rings is 1. The van der Waals surface area contributed by atoms with Crippen molar-refractivity contribution in [1.29, 1.82) is 0 Å². The van der Waals surface area contributed by atoms with Gasteiger partial charge in [0.15, 0.2) is 15.2 Å². The van der Waals surface area contributed by atoms with Crippen LogP contribution in [0.4, 0.5) is 5.13 Å². The van der Waals surface area contributed by atoms with Crippen LogP contribution in [0, 0.1) is 0 Å². The molecule has 122 valence electrons. The first-order valence-corrected chi connectivity index (χ1v) is 8.48. The molecular weight excluding hydrogens is 336 g/mol. The minimum absolute atomic E-state index is 0.216. The quantitative estimate of drug-likeness (QED) is 0.787. The van der Waals surface area contributed by atoms with Crippen LogP contribution in [0.3, 0.4) is 0 Å². The zero-order valence-corrected chi connectivity index (χ0v) is 14.3. The Balaban J connectivity index is 1.60. The summed E-state index contributed by atoms with van der Waals surface area (Å²) >= 11 is 7.31. The molecule has 3 heterocycles. The lowest BCUT2D eigenvalue weighted by atomic mass is 10.3. The minimum atomic E-state index is -0.437. The van der Waals surface area contributed by atoms with Crippen LogP contribution in [0.2, 0.25) is 5.15 Å². The number of anilines is 1. The maximum absolute atomic E-state index is 11.6. The standard InChI is InChI=1S/C15H17ClN4O2S/c1-22-14(21)12-13(16)18-15(23-12)20-8-6-19(7-9-20)10-11-4-2-3-5-17-11/h2-5H,6-10H2,1H3. The van der Waals surface area contributed by atoms with Gasteiger partial charge in [0.05, 0.1) is 12.8 Å². The first-order valence-electron chi connectivity index (χ1n) is 7.29. The second-order valence-electron chi connectivity index (χ2n) is 5.19. The lowest BCUT2D eigenvalue weighted by Gasteiger charge is -2.34. The number of hydrogen-bond acceptors (Lipinski definition) is 7. The average Bonchev–Trinajstić information content (AvgIpc) is 2.97. The fourth-order valence-electron chi connectivity index (χ4n) is 2.46. The zero-order chi connectivity index (χ0) is 16.2. The smallest absolute Gasteiger partial charge is 0.351 e. The first kappa shape index (κ1) is 16.2. The predicted molar refractivity (Wildman–Crippen MR) is 90.2 cm³/mol. The summed E-state index contributed by atoms with van der Waals surface area (Å²) < 4.78 is 4.71. The maximum Gasteiger partial charge on any atom is 0.351 e. The highest BCUT2D eigenvalue weighted by Gasteiger charge is 2.24. The molecule has 1 aliphatic rings. The predicted octanol–water partition coefficient (Wildman–Crippen LogP) is 2.30. The van der Waals surface area contributed by atoms with Crippen molar-refractivity contribution in [1.82, 2.24) is 14.9 Å². The van der Waals surface area contributed by atoms with Gasteiger partial charge in [0.1, 0.15) is 0 Å². The lowest BCUT2D eigenvalue weighted by molar-refractivity contribution is 0.0606. The monoisotopic (exact) mass is 352 g/mol. The molecule has 0 spiro atoms. The topological polar surface area (TPSA) is 58.6 Å². The highest BCUT2D eigenvalue weighted by atomic mass is 35.5. The molecule has 23 heavy (non-hydrogen) atoms. The van der Waals surface area contributed by atoms with Crippen molar-refractivity contribution in [3.05, 3.63) is 40.1 Å². The summed E-state index contributed by atoms with van der Waals surface area (Å²) in [4.78, 5) is 25.1. The molecule has 0 saturated carbocycles. The Labute approximate surface area is 143 Å². The average molecular weight is 353 g/mol. The van der Waals surface area contributed by atoms with E-state index in [1.807, 2.05) is 24.4 Å². The Morgan fingerprint density at radius 2 is 2.13 bits per heavy atom. The summed E-state index contributed by atoms with van der Waals surface area (Å²) in [7, 11) is 1.34. The van der Waals surface area contributed by atoms with Gasteiger partial charge in [0, 0.05) is 38.9 Å². The van der Waals surface area contributed by atoms with Crippen molar-refractivity contribution in [3.8, 4) is 0 Å². The van der Waals surface area contributed by atoms with Crippen molar-refractivity contribution in [2.75, 3.05) is 38.2 Å². The Morgan fingerprint density at radius 3 is 2.78 bits per heavy atom. The molecular formula is C15H17ClN4O2S. The number of nitrogens with zero attached hydrogens (tertiary/aromatic N) is 4. The van der Waals surface area contributed by atoms with Crippen LogP contribution in [0.5, 0.6) is 0 Å². The molecule has 2 aromatic rings. The molecule has 1 saturated heterocycles. The summed E-state index contributed by atoms with van der Waals surface area (Å²) in [5, 5.41) is 0.987. The van der Waals surface area contributed by atoms with Crippen molar-refractivity contribution >= 4 is 34.0 Å². The van der Waals surface area contributed by atoms with Crippen LogP contribution in [0.25, 0.3) is 0 Å². The highest BCUT2D eigenvalue weighted by molar-refractivity contribution is 7.18. The molecule has 6 nitrogen and oxygen atoms in total. The number of hydrogen-bond donors (Lipinski definition) is 0. The fourth-order valence-corrected chi connectivity index (χ4v) is 3.71. The zero-order valence-electron chi connectivity index (χ0n) is 12.7.